The first-order chi connectivity index (χ1) is 9.47. The van der Waals surface area contributed by atoms with E-state index in [0.717, 1.165) is 10.5 Å². The zero-order chi connectivity index (χ0) is 14.7. The molecule has 0 unspecified atom stereocenters. The topological polar surface area (TPSA) is 75.4 Å². The Morgan fingerprint density at radius 2 is 2.05 bits per heavy atom. The fourth-order valence-electron chi connectivity index (χ4n) is 1.69. The molecule has 0 saturated heterocycles. The maximum Gasteiger partial charge on any atom is 0.296 e. The highest BCUT2D eigenvalue weighted by Gasteiger charge is 2.14. The molecule has 0 aromatic heterocycles. The minimum absolute atomic E-state index is 0.0941. The molecule has 0 bridgehead atoms. The lowest BCUT2D eigenvalue weighted by Crippen LogP contribution is -2.04. The molecule has 7 heteroatoms. The smallest absolute Gasteiger partial charge is 0.296 e. The maximum atomic E-state index is 13.6. The summed E-state index contributed by atoms with van der Waals surface area (Å²) in [5.41, 5.74) is 0.328. The van der Waals surface area contributed by atoms with Crippen LogP contribution in [0.2, 0.25) is 0 Å². The van der Waals surface area contributed by atoms with E-state index >= 15 is 0 Å². The first-order valence-corrected chi connectivity index (χ1v) is 6.42. The van der Waals surface area contributed by atoms with Crippen LogP contribution in [0.25, 0.3) is 0 Å². The molecule has 0 aliphatic carbocycles. The molecule has 104 valence electrons. The second-order valence-corrected chi connectivity index (χ2v) is 4.96. The van der Waals surface area contributed by atoms with Crippen LogP contribution in [0.3, 0.4) is 0 Å². The van der Waals surface area contributed by atoms with Gasteiger partial charge in [-0.05, 0) is 30.3 Å². The zero-order valence-corrected chi connectivity index (χ0v) is 11.7. The minimum atomic E-state index is -0.612. The van der Waals surface area contributed by atoms with Gasteiger partial charge in [0.25, 0.3) is 5.69 Å². The van der Waals surface area contributed by atoms with Crippen LogP contribution in [0.4, 0.5) is 15.8 Å². The first-order valence-electron chi connectivity index (χ1n) is 5.62. The number of nitrogens with one attached hydrogen (secondary N) is 1. The number of nitrogens with zero attached hydrogens (tertiary/aromatic N) is 1. The number of benzene rings is 2. The van der Waals surface area contributed by atoms with E-state index in [-0.39, 0.29) is 23.7 Å². The van der Waals surface area contributed by atoms with Gasteiger partial charge in [0, 0.05) is 16.6 Å². The van der Waals surface area contributed by atoms with Gasteiger partial charge in [0.1, 0.15) is 17.3 Å². The Balaban J connectivity index is 2.23. The van der Waals surface area contributed by atoms with E-state index in [9.17, 15) is 19.6 Å². The summed E-state index contributed by atoms with van der Waals surface area (Å²) in [6.07, 6.45) is 0. The van der Waals surface area contributed by atoms with Crippen molar-refractivity contribution in [1.29, 1.82) is 0 Å². The molecule has 5 nitrogen and oxygen atoms in total. The summed E-state index contributed by atoms with van der Waals surface area (Å²) in [5, 5.41) is 22.9. The number of phenols is 1. The molecule has 0 atom stereocenters. The number of hydrogen-bond donors (Lipinski definition) is 2. The molecule has 0 spiro atoms. The molecule has 0 fully saturated rings. The molecular formula is C13H10BrFN2O3. The van der Waals surface area contributed by atoms with E-state index in [1.807, 2.05) is 0 Å². The SMILES string of the molecule is O=[N+]([O-])c1cc(O)ccc1NCc1cc(Br)ccc1F. The van der Waals surface area contributed by atoms with Gasteiger partial charge in [0.2, 0.25) is 0 Å². The molecule has 0 aliphatic heterocycles. The van der Waals surface area contributed by atoms with Crippen LogP contribution in [0, 0.1) is 15.9 Å². The lowest BCUT2D eigenvalue weighted by atomic mass is 10.2. The fourth-order valence-corrected chi connectivity index (χ4v) is 2.10. The molecule has 0 aliphatic rings. The van der Waals surface area contributed by atoms with Crippen LogP contribution >= 0.6 is 15.9 Å². The van der Waals surface area contributed by atoms with Gasteiger partial charge in [-0.25, -0.2) is 4.39 Å². The summed E-state index contributed by atoms with van der Waals surface area (Å²) < 4.78 is 14.3. The van der Waals surface area contributed by atoms with Crippen LogP contribution in [-0.4, -0.2) is 10.0 Å². The van der Waals surface area contributed by atoms with E-state index in [0.29, 0.717) is 5.56 Å². The Morgan fingerprint density at radius 3 is 2.75 bits per heavy atom. The zero-order valence-electron chi connectivity index (χ0n) is 10.1. The van der Waals surface area contributed by atoms with Crippen LogP contribution < -0.4 is 5.32 Å². The fraction of sp³-hybridized carbons (Fsp3) is 0.0769. The van der Waals surface area contributed by atoms with Crippen molar-refractivity contribution < 1.29 is 14.4 Å². The van der Waals surface area contributed by atoms with Gasteiger partial charge in [0.05, 0.1) is 11.0 Å². The third-order valence-corrected chi connectivity index (χ3v) is 3.15. The van der Waals surface area contributed by atoms with Gasteiger partial charge in [-0.3, -0.25) is 10.1 Å². The van der Waals surface area contributed by atoms with Gasteiger partial charge in [0.15, 0.2) is 0 Å². The normalized spacial score (nSPS) is 10.3. The lowest BCUT2D eigenvalue weighted by molar-refractivity contribution is -0.384. The number of hydrogen-bond acceptors (Lipinski definition) is 4. The second-order valence-electron chi connectivity index (χ2n) is 4.05. The van der Waals surface area contributed by atoms with Crippen LogP contribution in [-0.2, 0) is 6.54 Å². The number of anilines is 1. The summed E-state index contributed by atoms with van der Waals surface area (Å²) in [7, 11) is 0. The van der Waals surface area contributed by atoms with Crippen molar-refractivity contribution in [2.75, 3.05) is 5.32 Å². The minimum Gasteiger partial charge on any atom is -0.508 e. The van der Waals surface area contributed by atoms with Crippen molar-refractivity contribution in [2.24, 2.45) is 0 Å². The average Bonchev–Trinajstić information content (AvgIpc) is 2.40. The summed E-state index contributed by atoms with van der Waals surface area (Å²) in [6.45, 7) is 0.0941. The molecule has 2 rings (SSSR count). The largest absolute Gasteiger partial charge is 0.508 e. The molecule has 2 N–H and O–H groups in total. The van der Waals surface area contributed by atoms with Crippen molar-refractivity contribution in [3.8, 4) is 5.75 Å². The highest BCUT2D eigenvalue weighted by molar-refractivity contribution is 9.10. The predicted octanol–water partition coefficient (Wildman–Crippen LogP) is 3.81. The number of aromatic hydroxyl groups is 1. The molecule has 0 radical (unpaired) electrons. The van der Waals surface area contributed by atoms with Crippen molar-refractivity contribution in [1.82, 2.24) is 0 Å². The summed E-state index contributed by atoms with van der Waals surface area (Å²) in [6, 6.07) is 8.22. The second kappa shape index (κ2) is 5.87. The van der Waals surface area contributed by atoms with Crippen molar-refractivity contribution in [2.45, 2.75) is 6.54 Å². The highest BCUT2D eigenvalue weighted by atomic mass is 79.9. The average molecular weight is 341 g/mol. The van der Waals surface area contributed by atoms with E-state index in [1.165, 1.54) is 18.2 Å². The first kappa shape index (κ1) is 14.3. The van der Waals surface area contributed by atoms with E-state index in [1.54, 1.807) is 12.1 Å². The van der Waals surface area contributed by atoms with Crippen LogP contribution in [0.15, 0.2) is 40.9 Å². The van der Waals surface area contributed by atoms with Gasteiger partial charge < -0.3 is 10.4 Å². The predicted molar refractivity (Wildman–Crippen MR) is 76.2 cm³/mol. The monoisotopic (exact) mass is 340 g/mol. The van der Waals surface area contributed by atoms with E-state index in [2.05, 4.69) is 21.2 Å². The molecule has 2 aromatic rings. The number of nitro benzene ring substituents is 1. The Kier molecular flexibility index (Phi) is 4.19. The van der Waals surface area contributed by atoms with Crippen LogP contribution in [0.1, 0.15) is 5.56 Å². The maximum absolute atomic E-state index is 13.6. The molecular weight excluding hydrogens is 331 g/mol. The Hall–Kier alpha value is -2.15. The van der Waals surface area contributed by atoms with Crippen LogP contribution in [0.5, 0.6) is 5.75 Å². The molecule has 0 saturated carbocycles. The summed E-state index contributed by atoms with van der Waals surface area (Å²) in [4.78, 5) is 10.3. The van der Waals surface area contributed by atoms with E-state index in [4.69, 9.17) is 0 Å². The molecule has 0 heterocycles. The van der Waals surface area contributed by atoms with Crippen molar-refractivity contribution in [3.05, 3.63) is 62.4 Å². The molecule has 0 amide bonds. The number of phenolic OH excluding ortho intramolecular Hbond substituents is 1. The van der Waals surface area contributed by atoms with Gasteiger partial charge in [-0.2, -0.15) is 0 Å². The Bertz CT molecular complexity index is 664. The lowest BCUT2D eigenvalue weighted by Gasteiger charge is -2.08. The summed E-state index contributed by atoms with van der Waals surface area (Å²) in [5.74, 6) is -0.599. The highest BCUT2D eigenvalue weighted by Crippen LogP contribution is 2.29. The molecule has 20 heavy (non-hydrogen) atoms. The summed E-state index contributed by atoms with van der Waals surface area (Å²) >= 11 is 3.23. The Morgan fingerprint density at radius 1 is 1.30 bits per heavy atom. The third kappa shape index (κ3) is 3.24. The number of halogens is 2. The Labute approximate surface area is 122 Å². The quantitative estimate of drug-likeness (QED) is 0.504. The van der Waals surface area contributed by atoms with Crippen molar-refractivity contribution in [3.63, 3.8) is 0 Å². The third-order valence-electron chi connectivity index (χ3n) is 2.66. The number of nitro groups is 1. The van der Waals surface area contributed by atoms with Gasteiger partial charge in [-0.15, -0.1) is 0 Å². The van der Waals surface area contributed by atoms with Gasteiger partial charge >= 0.3 is 0 Å². The van der Waals surface area contributed by atoms with Crippen molar-refractivity contribution >= 4 is 27.3 Å². The van der Waals surface area contributed by atoms with Gasteiger partial charge in [-0.1, -0.05) is 15.9 Å². The molecule has 2 aromatic carbocycles. The number of rotatable bonds is 4. The standard InChI is InChI=1S/C13H10BrFN2O3/c14-9-1-3-11(15)8(5-9)7-16-12-4-2-10(18)6-13(12)17(19)20/h1-6,16,18H,7H2. The van der Waals surface area contributed by atoms with E-state index < -0.39 is 10.7 Å².